The lowest BCUT2D eigenvalue weighted by molar-refractivity contribution is -0.142. The molecule has 1 unspecified atom stereocenters. The lowest BCUT2D eigenvalue weighted by atomic mass is 9.93. The van der Waals surface area contributed by atoms with Gasteiger partial charge in [-0.15, -0.1) is 0 Å². The molecule has 0 saturated heterocycles. The monoisotopic (exact) mass is 290 g/mol. The van der Waals surface area contributed by atoms with Crippen LogP contribution < -0.4 is 5.32 Å². The fraction of sp³-hybridized carbons (Fsp3) is 0.500. The molecule has 0 saturated carbocycles. The first-order chi connectivity index (χ1) is 10.1. The van der Waals surface area contributed by atoms with Gasteiger partial charge in [0.15, 0.2) is 6.04 Å². The average Bonchev–Trinajstić information content (AvgIpc) is 2.50. The van der Waals surface area contributed by atoms with Crippen LogP contribution in [0.2, 0.25) is 0 Å². The highest BCUT2D eigenvalue weighted by atomic mass is 16.4. The zero-order chi connectivity index (χ0) is 15.4. The number of carboxylic acids is 1. The number of carboxylic acid groups (broad SMARTS) is 1. The number of hydrogen-bond donors (Lipinski definition) is 2. The number of benzene rings is 1. The molecule has 0 spiro atoms. The predicted octanol–water partition coefficient (Wildman–Crippen LogP) is 2.57. The van der Waals surface area contributed by atoms with E-state index in [1.54, 1.807) is 6.07 Å². The highest BCUT2D eigenvalue weighted by molar-refractivity contribution is 5.84. The Kier molecular flexibility index (Phi) is 4.83. The second-order valence-corrected chi connectivity index (χ2v) is 5.35. The first-order valence-electron chi connectivity index (χ1n) is 7.46. The highest BCUT2D eigenvalue weighted by Gasteiger charge is 2.36. The van der Waals surface area contributed by atoms with Gasteiger partial charge in [-0.25, -0.2) is 9.59 Å². The number of urea groups is 1. The molecule has 114 valence electrons. The van der Waals surface area contributed by atoms with E-state index in [-0.39, 0.29) is 12.1 Å². The van der Waals surface area contributed by atoms with Crippen molar-refractivity contribution in [2.75, 3.05) is 6.54 Å². The lowest BCUT2D eigenvalue weighted by Crippen LogP contribution is -2.50. The second kappa shape index (κ2) is 6.61. The summed E-state index contributed by atoms with van der Waals surface area (Å²) in [6.45, 7) is 4.45. The number of nitrogens with zero attached hydrogens (tertiary/aromatic N) is 1. The Hall–Kier alpha value is -2.04. The zero-order valence-electron chi connectivity index (χ0n) is 12.5. The van der Waals surface area contributed by atoms with Crippen LogP contribution in [0, 0.1) is 0 Å². The number of carbonyl (C=O) groups is 2. The third-order valence-corrected chi connectivity index (χ3v) is 4.09. The first-order valence-corrected chi connectivity index (χ1v) is 7.46. The summed E-state index contributed by atoms with van der Waals surface area (Å²) in [7, 11) is 0. The van der Waals surface area contributed by atoms with Gasteiger partial charge in [0, 0.05) is 12.6 Å². The molecule has 0 fully saturated rings. The van der Waals surface area contributed by atoms with E-state index in [1.165, 1.54) is 4.90 Å². The van der Waals surface area contributed by atoms with E-state index in [1.807, 2.05) is 32.0 Å². The van der Waals surface area contributed by atoms with Gasteiger partial charge in [-0.05, 0) is 30.4 Å². The molecule has 1 aliphatic rings. The van der Waals surface area contributed by atoms with Crippen molar-refractivity contribution < 1.29 is 14.7 Å². The maximum absolute atomic E-state index is 12.4. The molecule has 2 N–H and O–H groups in total. The van der Waals surface area contributed by atoms with Crippen molar-refractivity contribution in [3.8, 4) is 0 Å². The molecule has 2 amide bonds. The molecule has 21 heavy (non-hydrogen) atoms. The van der Waals surface area contributed by atoms with Crippen molar-refractivity contribution in [2.45, 2.75) is 45.2 Å². The van der Waals surface area contributed by atoms with E-state index in [4.69, 9.17) is 0 Å². The molecule has 0 bridgehead atoms. The van der Waals surface area contributed by atoms with E-state index < -0.39 is 12.0 Å². The molecule has 2 rings (SSSR count). The largest absolute Gasteiger partial charge is 0.479 e. The molecule has 0 radical (unpaired) electrons. The van der Waals surface area contributed by atoms with Crippen LogP contribution in [0.25, 0.3) is 0 Å². The minimum Gasteiger partial charge on any atom is -0.479 e. The van der Waals surface area contributed by atoms with Crippen LogP contribution in [0.4, 0.5) is 4.79 Å². The molecule has 5 nitrogen and oxygen atoms in total. The van der Waals surface area contributed by atoms with Gasteiger partial charge in [0.25, 0.3) is 0 Å². The fourth-order valence-electron chi connectivity index (χ4n) is 2.80. The van der Waals surface area contributed by atoms with E-state index in [9.17, 15) is 14.7 Å². The van der Waals surface area contributed by atoms with Crippen LogP contribution in [0.5, 0.6) is 0 Å². The number of carbonyl (C=O) groups excluding carboxylic acids is 1. The van der Waals surface area contributed by atoms with Gasteiger partial charge in [-0.3, -0.25) is 0 Å². The van der Waals surface area contributed by atoms with Gasteiger partial charge in [-0.2, -0.15) is 0 Å². The Morgan fingerprint density at radius 2 is 2.00 bits per heavy atom. The lowest BCUT2D eigenvalue weighted by Gasteiger charge is -2.35. The van der Waals surface area contributed by atoms with Crippen molar-refractivity contribution in [3.05, 3.63) is 35.4 Å². The maximum Gasteiger partial charge on any atom is 0.331 e. The molecule has 1 atom stereocenters. The van der Waals surface area contributed by atoms with Crippen molar-refractivity contribution in [2.24, 2.45) is 0 Å². The quantitative estimate of drug-likeness (QED) is 0.895. The Bertz CT molecular complexity index is 526. The number of rotatable bonds is 4. The van der Waals surface area contributed by atoms with Crippen LogP contribution in [0.1, 0.15) is 43.9 Å². The molecule has 5 heteroatoms. The van der Waals surface area contributed by atoms with E-state index in [2.05, 4.69) is 5.32 Å². The Morgan fingerprint density at radius 1 is 1.33 bits per heavy atom. The molecular weight excluding hydrogens is 268 g/mol. The van der Waals surface area contributed by atoms with Crippen LogP contribution in [-0.2, 0) is 11.2 Å². The predicted molar refractivity (Wildman–Crippen MR) is 80.1 cm³/mol. The molecule has 1 heterocycles. The number of hydrogen-bond acceptors (Lipinski definition) is 2. The van der Waals surface area contributed by atoms with E-state index in [0.717, 1.165) is 24.0 Å². The van der Waals surface area contributed by atoms with Gasteiger partial charge >= 0.3 is 12.0 Å². The maximum atomic E-state index is 12.4. The minimum atomic E-state index is -0.984. The van der Waals surface area contributed by atoms with Crippen molar-refractivity contribution in [3.63, 3.8) is 0 Å². The molecule has 1 aliphatic heterocycles. The summed E-state index contributed by atoms with van der Waals surface area (Å²) >= 11 is 0. The van der Waals surface area contributed by atoms with E-state index >= 15 is 0 Å². The SMILES string of the molecule is CCC(CC)NC(=O)N1CCc2ccccc2C1C(=O)O. The molecule has 0 aromatic heterocycles. The van der Waals surface area contributed by atoms with Gasteiger partial charge < -0.3 is 15.3 Å². The summed E-state index contributed by atoms with van der Waals surface area (Å²) in [5.41, 5.74) is 1.73. The number of aliphatic carboxylic acids is 1. The molecule has 1 aromatic carbocycles. The van der Waals surface area contributed by atoms with Crippen LogP contribution in [0.3, 0.4) is 0 Å². The highest BCUT2D eigenvalue weighted by Crippen LogP contribution is 2.30. The summed E-state index contributed by atoms with van der Waals surface area (Å²) in [6, 6.07) is 6.35. The Labute approximate surface area is 125 Å². The van der Waals surface area contributed by atoms with E-state index in [0.29, 0.717) is 13.0 Å². The zero-order valence-corrected chi connectivity index (χ0v) is 12.5. The second-order valence-electron chi connectivity index (χ2n) is 5.35. The number of amides is 2. The number of fused-ring (bicyclic) bond motifs is 1. The minimum absolute atomic E-state index is 0.0871. The van der Waals surface area contributed by atoms with Crippen LogP contribution >= 0.6 is 0 Å². The number of nitrogens with one attached hydrogen (secondary N) is 1. The summed E-state index contributed by atoms with van der Waals surface area (Å²) in [5, 5.41) is 12.5. The Balaban J connectivity index is 2.24. The standard InChI is InChI=1S/C16H22N2O3/c1-3-12(4-2)17-16(21)18-10-9-11-7-5-6-8-13(11)14(18)15(19)20/h5-8,12,14H,3-4,9-10H2,1-2H3,(H,17,21)(H,19,20). The average molecular weight is 290 g/mol. The topological polar surface area (TPSA) is 69.6 Å². The van der Waals surface area contributed by atoms with Crippen molar-refractivity contribution >= 4 is 12.0 Å². The molecular formula is C16H22N2O3. The normalized spacial score (nSPS) is 17.5. The smallest absolute Gasteiger partial charge is 0.331 e. The summed E-state index contributed by atoms with van der Waals surface area (Å²) in [5.74, 6) is -0.984. The van der Waals surface area contributed by atoms with Gasteiger partial charge in [0.05, 0.1) is 0 Å². The fourth-order valence-corrected chi connectivity index (χ4v) is 2.80. The third kappa shape index (κ3) is 3.17. The summed E-state index contributed by atoms with van der Waals surface area (Å²) in [6.07, 6.45) is 2.37. The first kappa shape index (κ1) is 15.4. The molecule has 1 aromatic rings. The Morgan fingerprint density at radius 3 is 2.62 bits per heavy atom. The molecule has 0 aliphatic carbocycles. The van der Waals surface area contributed by atoms with Gasteiger partial charge in [0.1, 0.15) is 0 Å². The summed E-state index contributed by atoms with van der Waals surface area (Å²) < 4.78 is 0. The third-order valence-electron chi connectivity index (χ3n) is 4.09. The van der Waals surface area contributed by atoms with Crippen molar-refractivity contribution in [1.82, 2.24) is 10.2 Å². The van der Waals surface area contributed by atoms with Crippen molar-refractivity contribution in [1.29, 1.82) is 0 Å². The van der Waals surface area contributed by atoms with Crippen LogP contribution in [0.15, 0.2) is 24.3 Å². The van der Waals surface area contributed by atoms with Crippen LogP contribution in [-0.4, -0.2) is 34.6 Å². The summed E-state index contributed by atoms with van der Waals surface area (Å²) in [4.78, 5) is 25.5. The van der Waals surface area contributed by atoms with Gasteiger partial charge in [0.2, 0.25) is 0 Å². The van der Waals surface area contributed by atoms with Gasteiger partial charge in [-0.1, -0.05) is 38.1 Å².